The number of aromatic nitrogens is 1. The Morgan fingerprint density at radius 1 is 1.24 bits per heavy atom. The van der Waals surface area contributed by atoms with Gasteiger partial charge < -0.3 is 15.1 Å². The van der Waals surface area contributed by atoms with Gasteiger partial charge in [-0.3, -0.25) is 0 Å². The standard InChI is InChI=1S/C16H29FN4/c1-13(2)10-18-11-14-9-15(17)12-19-16(14)21(5)8-6-7-20(3)4/h9,12-13,18H,6-8,10-11H2,1-5H3. The van der Waals surface area contributed by atoms with Gasteiger partial charge in [-0.05, 0) is 45.6 Å². The van der Waals surface area contributed by atoms with Crippen LogP contribution in [0.5, 0.6) is 0 Å². The van der Waals surface area contributed by atoms with Crippen molar-refractivity contribution in [2.45, 2.75) is 26.8 Å². The van der Waals surface area contributed by atoms with Crippen LogP contribution < -0.4 is 10.2 Å². The molecular weight excluding hydrogens is 267 g/mol. The summed E-state index contributed by atoms with van der Waals surface area (Å²) in [6.45, 7) is 7.83. The Morgan fingerprint density at radius 3 is 2.57 bits per heavy atom. The van der Waals surface area contributed by atoms with Gasteiger partial charge >= 0.3 is 0 Å². The first kappa shape index (κ1) is 17.9. The van der Waals surface area contributed by atoms with Crippen molar-refractivity contribution in [2.75, 3.05) is 45.7 Å². The Kier molecular flexibility index (Phi) is 7.61. The van der Waals surface area contributed by atoms with Crippen molar-refractivity contribution in [1.82, 2.24) is 15.2 Å². The largest absolute Gasteiger partial charge is 0.359 e. The molecule has 21 heavy (non-hydrogen) atoms. The number of nitrogens with one attached hydrogen (secondary N) is 1. The van der Waals surface area contributed by atoms with E-state index in [0.29, 0.717) is 12.5 Å². The Hall–Kier alpha value is -1.20. The van der Waals surface area contributed by atoms with Gasteiger partial charge in [-0.2, -0.15) is 0 Å². The van der Waals surface area contributed by atoms with Crippen LogP contribution in [0.3, 0.4) is 0 Å². The summed E-state index contributed by atoms with van der Waals surface area (Å²) >= 11 is 0. The molecule has 1 aromatic rings. The molecule has 1 N–H and O–H groups in total. The molecule has 0 unspecified atom stereocenters. The van der Waals surface area contributed by atoms with Crippen LogP contribution in [0.4, 0.5) is 10.2 Å². The molecule has 0 aliphatic heterocycles. The highest BCUT2D eigenvalue weighted by molar-refractivity contribution is 5.46. The first-order chi connectivity index (χ1) is 9.90. The van der Waals surface area contributed by atoms with E-state index < -0.39 is 0 Å². The molecule has 0 atom stereocenters. The second kappa shape index (κ2) is 8.95. The first-order valence-corrected chi connectivity index (χ1v) is 7.61. The summed E-state index contributed by atoms with van der Waals surface area (Å²) in [5.41, 5.74) is 0.919. The molecule has 0 amide bonds. The summed E-state index contributed by atoms with van der Waals surface area (Å²) in [4.78, 5) is 8.54. The lowest BCUT2D eigenvalue weighted by molar-refractivity contribution is 0.401. The number of halogens is 1. The molecule has 4 nitrogen and oxygen atoms in total. The van der Waals surface area contributed by atoms with Gasteiger partial charge in [-0.15, -0.1) is 0 Å². The van der Waals surface area contributed by atoms with E-state index in [4.69, 9.17) is 0 Å². The molecule has 0 aromatic carbocycles. The highest BCUT2D eigenvalue weighted by Gasteiger charge is 2.10. The maximum absolute atomic E-state index is 13.4. The quantitative estimate of drug-likeness (QED) is 0.758. The lowest BCUT2D eigenvalue weighted by Gasteiger charge is -2.22. The lowest BCUT2D eigenvalue weighted by atomic mass is 10.2. The van der Waals surface area contributed by atoms with E-state index in [1.807, 2.05) is 7.05 Å². The van der Waals surface area contributed by atoms with Crippen molar-refractivity contribution in [3.8, 4) is 0 Å². The normalized spacial score (nSPS) is 11.4. The van der Waals surface area contributed by atoms with Gasteiger partial charge in [0.1, 0.15) is 11.6 Å². The van der Waals surface area contributed by atoms with Gasteiger partial charge in [-0.1, -0.05) is 13.8 Å². The molecule has 120 valence electrons. The third-order valence-corrected chi connectivity index (χ3v) is 3.24. The third-order valence-electron chi connectivity index (χ3n) is 3.24. The fourth-order valence-corrected chi connectivity index (χ4v) is 2.17. The molecular formula is C16H29FN4. The summed E-state index contributed by atoms with van der Waals surface area (Å²) in [5.74, 6) is 1.17. The van der Waals surface area contributed by atoms with Gasteiger partial charge in [0, 0.05) is 25.7 Å². The molecule has 0 aliphatic carbocycles. The summed E-state index contributed by atoms with van der Waals surface area (Å²) in [6.07, 6.45) is 2.35. The van der Waals surface area contributed by atoms with Crippen LogP contribution in [0.15, 0.2) is 12.3 Å². The van der Waals surface area contributed by atoms with E-state index in [-0.39, 0.29) is 5.82 Å². The molecule has 5 heteroatoms. The van der Waals surface area contributed by atoms with Gasteiger partial charge in [0.25, 0.3) is 0 Å². The fourth-order valence-electron chi connectivity index (χ4n) is 2.17. The predicted octanol–water partition coefficient (Wildman–Crippen LogP) is 2.35. The third kappa shape index (κ3) is 6.87. The lowest BCUT2D eigenvalue weighted by Crippen LogP contribution is -2.26. The second-order valence-corrected chi connectivity index (χ2v) is 6.24. The SMILES string of the molecule is CC(C)CNCc1cc(F)cnc1N(C)CCCN(C)C. The second-order valence-electron chi connectivity index (χ2n) is 6.24. The predicted molar refractivity (Wildman–Crippen MR) is 87.2 cm³/mol. The number of pyridine rings is 1. The van der Waals surface area contributed by atoms with Crippen molar-refractivity contribution in [1.29, 1.82) is 0 Å². The monoisotopic (exact) mass is 296 g/mol. The first-order valence-electron chi connectivity index (χ1n) is 7.61. The minimum absolute atomic E-state index is 0.276. The number of anilines is 1. The van der Waals surface area contributed by atoms with Crippen LogP contribution in [0.1, 0.15) is 25.8 Å². The molecule has 1 aromatic heterocycles. The zero-order valence-electron chi connectivity index (χ0n) is 14.0. The van der Waals surface area contributed by atoms with Crippen LogP contribution in [0.25, 0.3) is 0 Å². The zero-order chi connectivity index (χ0) is 15.8. The minimum atomic E-state index is -0.276. The molecule has 0 aliphatic rings. The van der Waals surface area contributed by atoms with Crippen molar-refractivity contribution in [3.63, 3.8) is 0 Å². The van der Waals surface area contributed by atoms with Gasteiger partial charge in [-0.25, -0.2) is 9.37 Å². The van der Waals surface area contributed by atoms with Crippen molar-refractivity contribution >= 4 is 5.82 Å². The Bertz CT molecular complexity index is 421. The molecule has 0 saturated heterocycles. The van der Waals surface area contributed by atoms with Crippen LogP contribution in [0.2, 0.25) is 0 Å². The molecule has 0 bridgehead atoms. The van der Waals surface area contributed by atoms with E-state index in [9.17, 15) is 4.39 Å². The maximum atomic E-state index is 13.4. The van der Waals surface area contributed by atoms with Crippen molar-refractivity contribution in [3.05, 3.63) is 23.6 Å². The van der Waals surface area contributed by atoms with Gasteiger partial charge in [0.15, 0.2) is 0 Å². The summed E-state index contributed by atoms with van der Waals surface area (Å²) < 4.78 is 13.4. The minimum Gasteiger partial charge on any atom is -0.359 e. The summed E-state index contributed by atoms with van der Waals surface area (Å²) in [5, 5.41) is 3.36. The van der Waals surface area contributed by atoms with E-state index in [0.717, 1.165) is 37.4 Å². The summed E-state index contributed by atoms with van der Waals surface area (Å²) in [6, 6.07) is 1.58. The molecule has 0 radical (unpaired) electrons. The Balaban J connectivity index is 2.66. The zero-order valence-corrected chi connectivity index (χ0v) is 14.0. The molecule has 0 saturated carbocycles. The van der Waals surface area contributed by atoms with Crippen LogP contribution in [-0.2, 0) is 6.54 Å². The number of hydrogen-bond acceptors (Lipinski definition) is 4. The van der Waals surface area contributed by atoms with E-state index in [1.165, 1.54) is 6.20 Å². The number of hydrogen-bond donors (Lipinski definition) is 1. The van der Waals surface area contributed by atoms with E-state index in [1.54, 1.807) is 6.07 Å². The highest BCUT2D eigenvalue weighted by Crippen LogP contribution is 2.17. The molecule has 0 fully saturated rings. The van der Waals surface area contributed by atoms with Crippen LogP contribution >= 0.6 is 0 Å². The fraction of sp³-hybridized carbons (Fsp3) is 0.688. The summed E-state index contributed by atoms with van der Waals surface area (Å²) in [7, 11) is 6.15. The van der Waals surface area contributed by atoms with Crippen molar-refractivity contribution in [2.24, 2.45) is 5.92 Å². The smallest absolute Gasteiger partial charge is 0.141 e. The number of rotatable bonds is 9. The number of nitrogens with zero attached hydrogens (tertiary/aromatic N) is 3. The topological polar surface area (TPSA) is 31.4 Å². The van der Waals surface area contributed by atoms with Crippen molar-refractivity contribution < 1.29 is 4.39 Å². The average Bonchev–Trinajstić information content (AvgIpc) is 2.37. The molecule has 1 rings (SSSR count). The highest BCUT2D eigenvalue weighted by atomic mass is 19.1. The van der Waals surface area contributed by atoms with E-state index >= 15 is 0 Å². The van der Waals surface area contributed by atoms with Gasteiger partial charge in [0.05, 0.1) is 6.20 Å². The van der Waals surface area contributed by atoms with E-state index in [2.05, 4.69) is 48.0 Å². The Morgan fingerprint density at radius 2 is 1.95 bits per heavy atom. The molecule has 0 spiro atoms. The average molecular weight is 296 g/mol. The van der Waals surface area contributed by atoms with Crippen LogP contribution in [-0.4, -0.2) is 50.7 Å². The molecule has 1 heterocycles. The van der Waals surface area contributed by atoms with Crippen LogP contribution in [0, 0.1) is 11.7 Å². The Labute approximate surface area is 128 Å². The van der Waals surface area contributed by atoms with Gasteiger partial charge in [0.2, 0.25) is 0 Å². The maximum Gasteiger partial charge on any atom is 0.141 e.